The number of benzene rings is 2. The summed E-state index contributed by atoms with van der Waals surface area (Å²) in [6, 6.07) is 19.8. The molecule has 1 saturated carbocycles. The van der Waals surface area contributed by atoms with Crippen LogP contribution in [0.15, 0.2) is 59.0 Å². The van der Waals surface area contributed by atoms with Gasteiger partial charge in [-0.1, -0.05) is 55.5 Å². The molecule has 4 rings (SSSR count). The van der Waals surface area contributed by atoms with Crippen LogP contribution in [-0.4, -0.2) is 17.5 Å². The van der Waals surface area contributed by atoms with Gasteiger partial charge in [0.05, 0.1) is 6.54 Å². The summed E-state index contributed by atoms with van der Waals surface area (Å²) in [6.45, 7) is 5.92. The second-order valence-electron chi connectivity index (χ2n) is 6.94. The fourth-order valence-corrected chi connectivity index (χ4v) is 3.33. The van der Waals surface area contributed by atoms with Gasteiger partial charge in [-0.25, -0.2) is 0 Å². The highest BCUT2D eigenvalue weighted by Crippen LogP contribution is 2.28. The standard InChI is InChI=1S/C22H26N2O/c1-2-24(15-17-8-4-3-5-9-17)16-22-20(14-23-18-12-13-18)19-10-6-7-11-21(19)25-22/h3-11,18,23H,2,12-16H2,1H3. The summed E-state index contributed by atoms with van der Waals surface area (Å²) in [7, 11) is 0. The molecule has 1 fully saturated rings. The van der Waals surface area contributed by atoms with E-state index in [-0.39, 0.29) is 0 Å². The SMILES string of the molecule is CCN(Cc1ccccc1)Cc1oc2ccccc2c1CNC1CC1. The predicted molar refractivity (Wildman–Crippen MR) is 102 cm³/mol. The zero-order valence-electron chi connectivity index (χ0n) is 14.9. The highest BCUT2D eigenvalue weighted by Gasteiger charge is 2.23. The number of para-hydroxylation sites is 1. The van der Waals surface area contributed by atoms with Crippen molar-refractivity contribution in [3.8, 4) is 0 Å². The van der Waals surface area contributed by atoms with Crippen molar-refractivity contribution in [2.45, 2.75) is 45.4 Å². The van der Waals surface area contributed by atoms with Gasteiger partial charge in [-0.05, 0) is 31.0 Å². The number of nitrogens with one attached hydrogen (secondary N) is 1. The molecule has 0 bridgehead atoms. The van der Waals surface area contributed by atoms with E-state index in [9.17, 15) is 0 Å². The van der Waals surface area contributed by atoms with Gasteiger partial charge in [0.25, 0.3) is 0 Å². The van der Waals surface area contributed by atoms with Crippen molar-refractivity contribution in [1.82, 2.24) is 10.2 Å². The fraction of sp³-hybridized carbons (Fsp3) is 0.364. The molecule has 2 aromatic carbocycles. The molecule has 0 saturated heterocycles. The third-order valence-electron chi connectivity index (χ3n) is 4.99. The van der Waals surface area contributed by atoms with Crippen LogP contribution < -0.4 is 5.32 Å². The molecule has 3 aromatic rings. The van der Waals surface area contributed by atoms with Crippen molar-refractivity contribution in [2.75, 3.05) is 6.54 Å². The van der Waals surface area contributed by atoms with Crippen LogP contribution in [0.2, 0.25) is 0 Å². The molecule has 0 amide bonds. The second-order valence-corrected chi connectivity index (χ2v) is 6.94. The summed E-state index contributed by atoms with van der Waals surface area (Å²) in [5.74, 6) is 1.10. The first-order valence-electron chi connectivity index (χ1n) is 9.32. The van der Waals surface area contributed by atoms with Gasteiger partial charge in [0, 0.05) is 30.1 Å². The minimum absolute atomic E-state index is 0.702. The normalized spacial score (nSPS) is 14.5. The lowest BCUT2D eigenvalue weighted by Gasteiger charge is -2.20. The van der Waals surface area contributed by atoms with Gasteiger partial charge >= 0.3 is 0 Å². The van der Waals surface area contributed by atoms with Gasteiger partial charge in [0.2, 0.25) is 0 Å². The van der Waals surface area contributed by atoms with Crippen LogP contribution in [-0.2, 0) is 19.6 Å². The first-order valence-corrected chi connectivity index (χ1v) is 9.32. The Balaban J connectivity index is 1.56. The highest BCUT2D eigenvalue weighted by molar-refractivity contribution is 5.82. The van der Waals surface area contributed by atoms with Crippen molar-refractivity contribution in [1.29, 1.82) is 0 Å². The van der Waals surface area contributed by atoms with Gasteiger partial charge in [-0.2, -0.15) is 0 Å². The van der Waals surface area contributed by atoms with Gasteiger partial charge in [0.15, 0.2) is 0 Å². The van der Waals surface area contributed by atoms with Crippen molar-refractivity contribution in [3.63, 3.8) is 0 Å². The Kier molecular flexibility index (Phi) is 4.86. The maximum atomic E-state index is 6.24. The molecule has 0 unspecified atom stereocenters. The molecule has 0 aliphatic heterocycles. The van der Waals surface area contributed by atoms with Crippen LogP contribution in [0.3, 0.4) is 0 Å². The topological polar surface area (TPSA) is 28.4 Å². The van der Waals surface area contributed by atoms with Crippen LogP contribution in [0.5, 0.6) is 0 Å². The number of rotatable bonds is 8. The van der Waals surface area contributed by atoms with E-state index in [2.05, 4.69) is 71.7 Å². The summed E-state index contributed by atoms with van der Waals surface area (Å²) >= 11 is 0. The number of furan rings is 1. The van der Waals surface area contributed by atoms with Gasteiger partial charge in [-0.15, -0.1) is 0 Å². The maximum absolute atomic E-state index is 6.24. The predicted octanol–water partition coefficient (Wildman–Crippen LogP) is 4.71. The largest absolute Gasteiger partial charge is 0.459 e. The molecule has 1 N–H and O–H groups in total. The lowest BCUT2D eigenvalue weighted by Crippen LogP contribution is -2.23. The van der Waals surface area contributed by atoms with E-state index in [0.717, 1.165) is 37.5 Å². The first kappa shape index (κ1) is 16.4. The summed E-state index contributed by atoms with van der Waals surface area (Å²) < 4.78 is 6.24. The molecule has 0 spiro atoms. The Bertz CT molecular complexity index is 820. The third-order valence-corrected chi connectivity index (χ3v) is 4.99. The quantitative estimate of drug-likeness (QED) is 0.647. The molecular formula is C22H26N2O. The fourth-order valence-electron chi connectivity index (χ4n) is 3.33. The van der Waals surface area contributed by atoms with Gasteiger partial charge in [0.1, 0.15) is 11.3 Å². The van der Waals surface area contributed by atoms with E-state index in [1.54, 1.807) is 0 Å². The molecule has 130 valence electrons. The maximum Gasteiger partial charge on any atom is 0.134 e. The Morgan fingerprint density at radius 2 is 1.76 bits per heavy atom. The van der Waals surface area contributed by atoms with Gasteiger partial charge < -0.3 is 9.73 Å². The van der Waals surface area contributed by atoms with E-state index >= 15 is 0 Å². The number of fused-ring (bicyclic) bond motifs is 1. The minimum Gasteiger partial charge on any atom is -0.459 e. The zero-order valence-corrected chi connectivity index (χ0v) is 14.9. The van der Waals surface area contributed by atoms with Crippen LogP contribution in [0.25, 0.3) is 11.0 Å². The molecule has 1 heterocycles. The number of hydrogen-bond donors (Lipinski definition) is 1. The minimum atomic E-state index is 0.702. The molecule has 1 aliphatic rings. The summed E-state index contributed by atoms with van der Waals surface area (Å²) in [5.41, 5.74) is 3.67. The molecule has 3 nitrogen and oxygen atoms in total. The zero-order chi connectivity index (χ0) is 17.1. The van der Waals surface area contributed by atoms with E-state index < -0.39 is 0 Å². The monoisotopic (exact) mass is 334 g/mol. The Hall–Kier alpha value is -2.10. The molecule has 1 aromatic heterocycles. The van der Waals surface area contributed by atoms with Crippen molar-refractivity contribution >= 4 is 11.0 Å². The Morgan fingerprint density at radius 1 is 1.00 bits per heavy atom. The summed E-state index contributed by atoms with van der Waals surface area (Å²) in [4.78, 5) is 2.44. The number of hydrogen-bond acceptors (Lipinski definition) is 3. The van der Waals surface area contributed by atoms with E-state index in [0.29, 0.717) is 6.04 Å². The van der Waals surface area contributed by atoms with Crippen molar-refractivity contribution in [3.05, 3.63) is 71.5 Å². The van der Waals surface area contributed by atoms with Crippen molar-refractivity contribution in [2.24, 2.45) is 0 Å². The van der Waals surface area contributed by atoms with E-state index in [1.165, 1.54) is 29.4 Å². The van der Waals surface area contributed by atoms with Gasteiger partial charge in [-0.3, -0.25) is 4.90 Å². The molecular weight excluding hydrogens is 308 g/mol. The lowest BCUT2D eigenvalue weighted by atomic mass is 10.1. The molecule has 1 aliphatic carbocycles. The van der Waals surface area contributed by atoms with E-state index in [1.807, 2.05) is 0 Å². The highest BCUT2D eigenvalue weighted by atomic mass is 16.3. The lowest BCUT2D eigenvalue weighted by molar-refractivity contribution is 0.249. The summed E-state index contributed by atoms with van der Waals surface area (Å²) in [6.07, 6.45) is 2.61. The molecule has 3 heteroatoms. The van der Waals surface area contributed by atoms with Crippen molar-refractivity contribution < 1.29 is 4.42 Å². The smallest absolute Gasteiger partial charge is 0.134 e. The Morgan fingerprint density at radius 3 is 2.52 bits per heavy atom. The number of nitrogens with zero attached hydrogens (tertiary/aromatic N) is 1. The third kappa shape index (κ3) is 3.94. The first-order chi connectivity index (χ1) is 12.3. The second kappa shape index (κ2) is 7.42. The molecule has 0 radical (unpaired) electrons. The average molecular weight is 334 g/mol. The van der Waals surface area contributed by atoms with Crippen LogP contribution >= 0.6 is 0 Å². The average Bonchev–Trinajstić information content (AvgIpc) is 3.41. The summed E-state index contributed by atoms with van der Waals surface area (Å²) in [5, 5.41) is 4.91. The van der Waals surface area contributed by atoms with Crippen LogP contribution in [0.1, 0.15) is 36.7 Å². The van der Waals surface area contributed by atoms with Crippen LogP contribution in [0, 0.1) is 0 Å². The van der Waals surface area contributed by atoms with Crippen LogP contribution in [0.4, 0.5) is 0 Å². The Labute approximate surface area is 149 Å². The molecule has 25 heavy (non-hydrogen) atoms. The van der Waals surface area contributed by atoms with E-state index in [4.69, 9.17) is 4.42 Å². The molecule has 0 atom stereocenters.